The van der Waals surface area contributed by atoms with Gasteiger partial charge in [-0.05, 0) is 29.3 Å². The van der Waals surface area contributed by atoms with Crippen LogP contribution < -0.4 is 16.3 Å². The van der Waals surface area contributed by atoms with Crippen LogP contribution in [0.15, 0.2) is 83.7 Å². The topological polar surface area (TPSA) is 94.4 Å². The number of hydrogen-bond acceptors (Lipinski definition) is 4. The number of hydrogen-bond donors (Lipinski definition) is 2. The van der Waals surface area contributed by atoms with E-state index in [-0.39, 0.29) is 18.2 Å². The highest BCUT2D eigenvalue weighted by molar-refractivity contribution is 5.98. The summed E-state index contributed by atoms with van der Waals surface area (Å²) in [6, 6.07) is 23.1. The Morgan fingerprint density at radius 2 is 1.47 bits per heavy atom. The van der Waals surface area contributed by atoms with Crippen LogP contribution >= 0.6 is 0 Å². The Balaban J connectivity index is 1.50. The van der Waals surface area contributed by atoms with E-state index in [1.54, 1.807) is 36.9 Å². The second kappa shape index (κ2) is 10.1. The Bertz CT molecular complexity index is 1360. The van der Waals surface area contributed by atoms with Gasteiger partial charge in [0, 0.05) is 26.2 Å². The van der Waals surface area contributed by atoms with Crippen LogP contribution in [-0.4, -0.2) is 27.2 Å². The van der Waals surface area contributed by atoms with Crippen molar-refractivity contribution >= 4 is 28.7 Å². The van der Waals surface area contributed by atoms with E-state index in [0.717, 1.165) is 16.6 Å². The van der Waals surface area contributed by atoms with Gasteiger partial charge < -0.3 is 15.4 Å². The van der Waals surface area contributed by atoms with Crippen LogP contribution in [0.5, 0.6) is 0 Å². The summed E-state index contributed by atoms with van der Waals surface area (Å²) in [4.78, 5) is 37.8. The third-order valence-electron chi connectivity index (χ3n) is 5.64. The zero-order valence-corrected chi connectivity index (χ0v) is 19.0. The Morgan fingerprint density at radius 1 is 0.853 bits per heavy atom. The summed E-state index contributed by atoms with van der Waals surface area (Å²) in [5, 5.41) is 5.54. The molecule has 0 radical (unpaired) electrons. The van der Waals surface area contributed by atoms with E-state index in [4.69, 9.17) is 4.74 Å². The van der Waals surface area contributed by atoms with Crippen molar-refractivity contribution in [2.24, 2.45) is 14.1 Å². The maximum absolute atomic E-state index is 13.2. The van der Waals surface area contributed by atoms with Gasteiger partial charge in [0.05, 0.1) is 11.0 Å². The van der Waals surface area contributed by atoms with Crippen LogP contribution in [0, 0.1) is 0 Å². The summed E-state index contributed by atoms with van der Waals surface area (Å²) in [5.41, 5.74) is 3.57. The third-order valence-corrected chi connectivity index (χ3v) is 5.64. The smallest absolute Gasteiger partial charge is 0.408 e. The molecule has 1 heterocycles. The highest BCUT2D eigenvalue weighted by atomic mass is 16.5. The molecule has 0 fully saturated rings. The normalized spacial score (nSPS) is 11.7. The van der Waals surface area contributed by atoms with Gasteiger partial charge in [-0.3, -0.25) is 13.9 Å². The summed E-state index contributed by atoms with van der Waals surface area (Å²) < 4.78 is 8.38. The SMILES string of the molecule is Cn1c(=O)n(C)c2cc(NC(=O)[C@H](Cc3ccccc3)NC(=O)OCc3ccccc3)ccc21. The fourth-order valence-electron chi connectivity index (χ4n) is 3.78. The number of aromatic nitrogens is 2. The second-order valence-electron chi connectivity index (χ2n) is 8.04. The quantitative estimate of drug-likeness (QED) is 0.444. The number of anilines is 1. The maximum atomic E-state index is 13.2. The van der Waals surface area contributed by atoms with Crippen LogP contribution in [-0.2, 0) is 36.7 Å². The van der Waals surface area contributed by atoms with Crippen molar-refractivity contribution in [2.75, 3.05) is 5.32 Å². The Kier molecular flexibility index (Phi) is 6.77. The molecule has 8 nitrogen and oxygen atoms in total. The number of fused-ring (bicyclic) bond motifs is 1. The predicted octanol–water partition coefficient (Wildman–Crippen LogP) is 3.35. The lowest BCUT2D eigenvalue weighted by molar-refractivity contribution is -0.118. The molecular weight excluding hydrogens is 432 g/mol. The van der Waals surface area contributed by atoms with E-state index in [1.807, 2.05) is 60.7 Å². The third kappa shape index (κ3) is 5.17. The van der Waals surface area contributed by atoms with Crippen LogP contribution in [0.3, 0.4) is 0 Å². The van der Waals surface area contributed by atoms with Crippen molar-refractivity contribution in [1.29, 1.82) is 0 Å². The van der Waals surface area contributed by atoms with Gasteiger partial charge >= 0.3 is 11.8 Å². The van der Waals surface area contributed by atoms with Gasteiger partial charge in [-0.2, -0.15) is 0 Å². The van der Waals surface area contributed by atoms with Crippen LogP contribution in [0.2, 0.25) is 0 Å². The molecule has 1 atom stereocenters. The number of rotatable bonds is 7. The maximum Gasteiger partial charge on any atom is 0.408 e. The first kappa shape index (κ1) is 22.8. The lowest BCUT2D eigenvalue weighted by Crippen LogP contribution is -2.45. The van der Waals surface area contributed by atoms with Gasteiger partial charge in [0.2, 0.25) is 5.91 Å². The standard InChI is InChI=1S/C26H26N4O4/c1-29-22-14-13-20(16-23(22)30(2)26(29)33)27-24(31)21(15-18-9-5-3-6-10-18)28-25(32)34-17-19-11-7-4-8-12-19/h3-14,16,21H,15,17H2,1-2H3,(H,27,31)(H,28,32)/t21-/m0/s1. The molecule has 0 aliphatic heterocycles. The zero-order chi connectivity index (χ0) is 24.1. The molecule has 1 aromatic heterocycles. The number of alkyl carbamates (subject to hydrolysis) is 1. The monoisotopic (exact) mass is 458 g/mol. The summed E-state index contributed by atoms with van der Waals surface area (Å²) in [7, 11) is 3.38. The molecule has 2 N–H and O–H groups in total. The van der Waals surface area contributed by atoms with Crippen LogP contribution in [0.25, 0.3) is 11.0 Å². The van der Waals surface area contributed by atoms with Crippen molar-refractivity contribution in [3.63, 3.8) is 0 Å². The van der Waals surface area contributed by atoms with Crippen molar-refractivity contribution in [3.8, 4) is 0 Å². The van der Waals surface area contributed by atoms with E-state index >= 15 is 0 Å². The second-order valence-corrected chi connectivity index (χ2v) is 8.04. The Hall–Kier alpha value is -4.33. The van der Waals surface area contributed by atoms with E-state index < -0.39 is 12.1 Å². The lowest BCUT2D eigenvalue weighted by atomic mass is 10.1. The zero-order valence-electron chi connectivity index (χ0n) is 19.0. The first-order valence-electron chi connectivity index (χ1n) is 10.9. The molecule has 4 rings (SSSR count). The molecule has 0 aliphatic rings. The van der Waals surface area contributed by atoms with E-state index in [1.165, 1.54) is 4.57 Å². The number of ether oxygens (including phenoxy) is 1. The molecule has 0 spiro atoms. The van der Waals surface area contributed by atoms with Gasteiger partial charge in [0.25, 0.3) is 0 Å². The van der Waals surface area contributed by atoms with Crippen LogP contribution in [0.1, 0.15) is 11.1 Å². The number of imidazole rings is 1. The summed E-state index contributed by atoms with van der Waals surface area (Å²) in [6.07, 6.45) is -0.389. The fraction of sp³-hybridized carbons (Fsp3) is 0.192. The van der Waals surface area contributed by atoms with Gasteiger partial charge in [0.15, 0.2) is 0 Å². The minimum absolute atomic E-state index is 0.102. The average Bonchev–Trinajstić information content (AvgIpc) is 3.07. The van der Waals surface area contributed by atoms with Crippen molar-refractivity contribution in [3.05, 3.63) is 100 Å². The number of aryl methyl sites for hydroxylation is 2. The number of nitrogens with zero attached hydrogens (tertiary/aromatic N) is 2. The number of nitrogens with one attached hydrogen (secondary N) is 2. The van der Waals surface area contributed by atoms with Crippen molar-refractivity contribution in [2.45, 2.75) is 19.1 Å². The molecule has 0 unspecified atom stereocenters. The van der Waals surface area contributed by atoms with E-state index in [9.17, 15) is 14.4 Å². The van der Waals surface area contributed by atoms with E-state index in [2.05, 4.69) is 10.6 Å². The molecule has 4 aromatic rings. The van der Waals surface area contributed by atoms with Crippen molar-refractivity contribution < 1.29 is 14.3 Å². The molecular formula is C26H26N4O4. The number of benzene rings is 3. The molecule has 2 amide bonds. The van der Waals surface area contributed by atoms with Crippen LogP contribution in [0.4, 0.5) is 10.5 Å². The van der Waals surface area contributed by atoms with Gasteiger partial charge in [0.1, 0.15) is 12.6 Å². The minimum Gasteiger partial charge on any atom is -0.445 e. The summed E-state index contributed by atoms with van der Waals surface area (Å²) in [5.74, 6) is -0.388. The summed E-state index contributed by atoms with van der Waals surface area (Å²) >= 11 is 0. The summed E-state index contributed by atoms with van der Waals surface area (Å²) in [6.45, 7) is 0.102. The molecule has 34 heavy (non-hydrogen) atoms. The molecule has 0 bridgehead atoms. The molecule has 174 valence electrons. The largest absolute Gasteiger partial charge is 0.445 e. The molecule has 0 saturated heterocycles. The highest BCUT2D eigenvalue weighted by Crippen LogP contribution is 2.18. The molecule has 0 aliphatic carbocycles. The van der Waals surface area contributed by atoms with Gasteiger partial charge in [-0.15, -0.1) is 0 Å². The number of carbonyl (C=O) groups excluding carboxylic acids is 2. The Morgan fingerprint density at radius 3 is 2.15 bits per heavy atom. The fourth-order valence-corrected chi connectivity index (χ4v) is 3.78. The molecule has 8 heteroatoms. The first-order chi connectivity index (χ1) is 16.4. The molecule has 3 aromatic carbocycles. The lowest BCUT2D eigenvalue weighted by Gasteiger charge is -2.19. The molecule has 0 saturated carbocycles. The number of carbonyl (C=O) groups is 2. The van der Waals surface area contributed by atoms with E-state index in [0.29, 0.717) is 17.6 Å². The first-order valence-corrected chi connectivity index (χ1v) is 10.9. The minimum atomic E-state index is -0.860. The van der Waals surface area contributed by atoms with Gasteiger partial charge in [-0.25, -0.2) is 9.59 Å². The predicted molar refractivity (Wildman–Crippen MR) is 130 cm³/mol. The highest BCUT2D eigenvalue weighted by Gasteiger charge is 2.23. The number of amides is 2. The van der Waals surface area contributed by atoms with Gasteiger partial charge in [-0.1, -0.05) is 60.7 Å². The Labute approximate surface area is 196 Å². The van der Waals surface area contributed by atoms with Crippen molar-refractivity contribution in [1.82, 2.24) is 14.5 Å². The average molecular weight is 459 g/mol.